The average molecular weight is 463 g/mol. The van der Waals surface area contributed by atoms with Gasteiger partial charge in [0, 0.05) is 25.7 Å². The zero-order chi connectivity index (χ0) is 20.1. The van der Waals surface area contributed by atoms with Crippen molar-refractivity contribution in [2.75, 3.05) is 13.1 Å². The van der Waals surface area contributed by atoms with E-state index >= 15 is 0 Å². The maximum absolute atomic E-state index is 12.7. The van der Waals surface area contributed by atoms with E-state index in [9.17, 15) is 10.1 Å². The highest BCUT2D eigenvalue weighted by molar-refractivity contribution is 5.85. The van der Waals surface area contributed by atoms with Crippen LogP contribution in [0.2, 0.25) is 0 Å². The molecule has 166 valence electrons. The third-order valence-electron chi connectivity index (χ3n) is 5.61. The van der Waals surface area contributed by atoms with E-state index in [1.807, 2.05) is 42.5 Å². The molecule has 6 nitrogen and oxygen atoms in total. The summed E-state index contributed by atoms with van der Waals surface area (Å²) in [6.07, 6.45) is 2.46. The van der Waals surface area contributed by atoms with Gasteiger partial charge in [-0.2, -0.15) is 5.26 Å². The largest absolute Gasteiger partial charge is 0.457 e. The maximum atomic E-state index is 12.7. The highest BCUT2D eigenvalue weighted by Gasteiger charge is 2.36. The van der Waals surface area contributed by atoms with Crippen LogP contribution in [0.25, 0.3) is 0 Å². The molecule has 1 unspecified atom stereocenters. The molecule has 3 atom stereocenters. The van der Waals surface area contributed by atoms with E-state index in [0.29, 0.717) is 6.54 Å². The second-order valence-corrected chi connectivity index (χ2v) is 7.65. The number of hydrogen-bond acceptors (Lipinski definition) is 5. The summed E-state index contributed by atoms with van der Waals surface area (Å²) >= 11 is 0. The summed E-state index contributed by atoms with van der Waals surface area (Å²) in [5.41, 5.74) is 1.17. The molecule has 2 fully saturated rings. The summed E-state index contributed by atoms with van der Waals surface area (Å²) in [7, 11) is 0. The first kappa shape index (κ1) is 25.0. The van der Waals surface area contributed by atoms with Gasteiger partial charge < -0.3 is 20.3 Å². The number of rotatable bonds is 6. The summed E-state index contributed by atoms with van der Waals surface area (Å²) in [5, 5.41) is 16.1. The molecule has 2 aromatic rings. The molecule has 0 bridgehead atoms. The topological polar surface area (TPSA) is 77.4 Å². The van der Waals surface area contributed by atoms with Crippen molar-refractivity contribution in [3.8, 4) is 17.6 Å². The van der Waals surface area contributed by atoms with Crippen LogP contribution in [0.4, 0.5) is 0 Å². The Balaban J connectivity index is 0.00000171. The fraction of sp³-hybridized carbons (Fsp3) is 0.391. The predicted molar refractivity (Wildman–Crippen MR) is 125 cm³/mol. The molecule has 2 aliphatic rings. The highest BCUT2D eigenvalue weighted by Crippen LogP contribution is 2.22. The Labute approximate surface area is 195 Å². The first-order chi connectivity index (χ1) is 14.2. The fourth-order valence-electron chi connectivity index (χ4n) is 4.01. The molecule has 0 saturated carbocycles. The van der Waals surface area contributed by atoms with Gasteiger partial charge in [0.25, 0.3) is 0 Å². The van der Waals surface area contributed by atoms with Crippen molar-refractivity contribution in [1.82, 2.24) is 15.5 Å². The predicted octanol–water partition coefficient (Wildman–Crippen LogP) is 3.66. The third-order valence-corrected chi connectivity index (χ3v) is 5.61. The molecule has 1 amide bonds. The van der Waals surface area contributed by atoms with Crippen LogP contribution in [0.1, 0.15) is 24.8 Å². The second-order valence-electron chi connectivity index (χ2n) is 7.65. The molecule has 0 aliphatic carbocycles. The van der Waals surface area contributed by atoms with Crippen molar-refractivity contribution < 1.29 is 9.53 Å². The van der Waals surface area contributed by atoms with Gasteiger partial charge in [-0.25, -0.2) is 0 Å². The molecule has 0 aromatic heterocycles. The van der Waals surface area contributed by atoms with Crippen molar-refractivity contribution in [3.63, 3.8) is 0 Å². The van der Waals surface area contributed by atoms with Gasteiger partial charge in [0.15, 0.2) is 0 Å². The van der Waals surface area contributed by atoms with Gasteiger partial charge in [-0.1, -0.05) is 30.3 Å². The third kappa shape index (κ3) is 6.34. The number of hydrogen-bond donors (Lipinski definition) is 2. The van der Waals surface area contributed by atoms with Crippen LogP contribution in [-0.4, -0.2) is 42.0 Å². The van der Waals surface area contributed by atoms with Crippen LogP contribution in [0, 0.1) is 11.3 Å². The molecule has 8 heteroatoms. The number of para-hydroxylation sites is 1. The van der Waals surface area contributed by atoms with Crippen molar-refractivity contribution >= 4 is 30.7 Å². The smallest absolute Gasteiger partial charge is 0.240 e. The first-order valence-corrected chi connectivity index (χ1v) is 10.2. The van der Waals surface area contributed by atoms with Crippen molar-refractivity contribution in [3.05, 3.63) is 60.2 Å². The molecule has 2 heterocycles. The van der Waals surface area contributed by atoms with E-state index in [4.69, 9.17) is 4.74 Å². The summed E-state index contributed by atoms with van der Waals surface area (Å²) in [5.74, 6) is 1.70. The van der Waals surface area contributed by atoms with E-state index in [1.54, 1.807) is 4.90 Å². The standard InChI is InChI=1S/C23H26N4O2.2ClH/c24-14-19-5-4-12-27(19)23(28)22-13-18(16-26-22)25-15-17-8-10-21(11-9-17)29-20-6-2-1-3-7-20;;/h1-3,6-11,18-19,22,25-26H,4-5,12-13,15-16H2;2*1H/t18?,19-,22-;;/m0../s1. The quantitative estimate of drug-likeness (QED) is 0.684. The number of ether oxygens (including phenoxy) is 1. The number of carbonyl (C=O) groups excluding carboxylic acids is 1. The molecule has 2 aromatic carbocycles. The van der Waals surface area contributed by atoms with Crippen LogP contribution < -0.4 is 15.4 Å². The van der Waals surface area contributed by atoms with E-state index < -0.39 is 0 Å². The number of nitrogens with zero attached hydrogens (tertiary/aromatic N) is 2. The highest BCUT2D eigenvalue weighted by atomic mass is 35.5. The Kier molecular flexibility index (Phi) is 9.60. The zero-order valence-electron chi connectivity index (χ0n) is 17.2. The summed E-state index contributed by atoms with van der Waals surface area (Å²) < 4.78 is 5.82. The number of nitrogens with one attached hydrogen (secondary N) is 2. The minimum Gasteiger partial charge on any atom is -0.457 e. The average Bonchev–Trinajstić information content (AvgIpc) is 3.43. The Morgan fingerprint density at radius 1 is 1.13 bits per heavy atom. The van der Waals surface area contributed by atoms with Gasteiger partial charge in [-0.15, -0.1) is 24.8 Å². The molecule has 31 heavy (non-hydrogen) atoms. The lowest BCUT2D eigenvalue weighted by Crippen LogP contribution is -2.45. The van der Waals surface area contributed by atoms with E-state index in [0.717, 1.165) is 43.9 Å². The van der Waals surface area contributed by atoms with Gasteiger partial charge in [-0.05, 0) is 49.1 Å². The molecule has 2 aliphatic heterocycles. The summed E-state index contributed by atoms with van der Waals surface area (Å²) in [4.78, 5) is 14.4. The number of amides is 1. The van der Waals surface area contributed by atoms with Gasteiger partial charge in [0.05, 0.1) is 12.1 Å². The SMILES string of the molecule is Cl.Cl.N#C[C@@H]1CCCN1C(=O)[C@@H]1CC(NCc2ccc(Oc3ccccc3)cc2)CN1. The molecule has 0 spiro atoms. The number of carbonyl (C=O) groups is 1. The van der Waals surface area contributed by atoms with Crippen LogP contribution in [0.3, 0.4) is 0 Å². The minimum absolute atomic E-state index is 0. The van der Waals surface area contributed by atoms with Crippen molar-refractivity contribution in [2.45, 2.75) is 43.9 Å². The van der Waals surface area contributed by atoms with Crippen LogP contribution in [0.5, 0.6) is 11.5 Å². The van der Waals surface area contributed by atoms with E-state index in [-0.39, 0.29) is 48.8 Å². The molecule has 0 radical (unpaired) electrons. The van der Waals surface area contributed by atoms with Gasteiger partial charge in [0.2, 0.25) is 5.91 Å². The van der Waals surface area contributed by atoms with Gasteiger partial charge in [0.1, 0.15) is 17.5 Å². The Hall–Kier alpha value is -2.30. The van der Waals surface area contributed by atoms with Crippen LogP contribution >= 0.6 is 24.8 Å². The minimum atomic E-state index is -0.257. The number of nitriles is 1. The molecular weight excluding hydrogens is 435 g/mol. The Morgan fingerprint density at radius 3 is 2.55 bits per heavy atom. The molecular formula is C23H28Cl2N4O2. The zero-order valence-corrected chi connectivity index (χ0v) is 18.8. The summed E-state index contributed by atoms with van der Waals surface area (Å²) in [6.45, 7) is 2.20. The normalized spacial score (nSPS) is 22.2. The second kappa shape index (κ2) is 11.9. The Bertz CT molecular complexity index is 873. The van der Waals surface area contributed by atoms with E-state index in [1.165, 1.54) is 5.56 Å². The first-order valence-electron chi connectivity index (χ1n) is 10.2. The van der Waals surface area contributed by atoms with E-state index in [2.05, 4.69) is 28.8 Å². The molecule has 4 rings (SSSR count). The lowest BCUT2D eigenvalue weighted by molar-refractivity contribution is -0.133. The van der Waals surface area contributed by atoms with Crippen LogP contribution in [-0.2, 0) is 11.3 Å². The summed E-state index contributed by atoms with van der Waals surface area (Å²) in [6, 6.07) is 19.8. The van der Waals surface area contributed by atoms with Crippen molar-refractivity contribution in [2.24, 2.45) is 0 Å². The van der Waals surface area contributed by atoms with Crippen LogP contribution in [0.15, 0.2) is 54.6 Å². The fourth-order valence-corrected chi connectivity index (χ4v) is 4.01. The molecule has 2 N–H and O–H groups in total. The van der Waals surface area contributed by atoms with Gasteiger partial charge in [-0.3, -0.25) is 4.79 Å². The van der Waals surface area contributed by atoms with Crippen molar-refractivity contribution in [1.29, 1.82) is 5.26 Å². The monoisotopic (exact) mass is 462 g/mol. The lowest BCUT2D eigenvalue weighted by atomic mass is 10.1. The maximum Gasteiger partial charge on any atom is 0.240 e. The lowest BCUT2D eigenvalue weighted by Gasteiger charge is -2.23. The van der Waals surface area contributed by atoms with Gasteiger partial charge >= 0.3 is 0 Å². The number of likely N-dealkylation sites (tertiary alicyclic amines) is 1. The number of halogens is 2. The number of benzene rings is 2. The molecule has 2 saturated heterocycles. The Morgan fingerprint density at radius 2 is 1.84 bits per heavy atom.